The minimum atomic E-state index is 0.438. The smallest absolute Gasteiger partial charge is 0.107 e. The number of hydrogen-bond acceptors (Lipinski definition) is 2. The second-order valence-corrected chi connectivity index (χ2v) is 4.18. The zero-order chi connectivity index (χ0) is 11.9. The van der Waals surface area contributed by atoms with Crippen LogP contribution in [0.1, 0.15) is 18.3 Å². The van der Waals surface area contributed by atoms with Crippen molar-refractivity contribution in [2.24, 2.45) is 0 Å². The van der Waals surface area contributed by atoms with Crippen molar-refractivity contribution in [2.45, 2.75) is 25.8 Å². The Balaban J connectivity index is 1.97. The van der Waals surface area contributed by atoms with E-state index >= 15 is 0 Å². The summed E-state index contributed by atoms with van der Waals surface area (Å²) >= 11 is 0. The Hall–Kier alpha value is -1.61. The predicted molar refractivity (Wildman–Crippen MR) is 69.9 cm³/mol. The molecule has 3 nitrogen and oxygen atoms in total. The van der Waals surface area contributed by atoms with Crippen LogP contribution in [-0.2, 0) is 12.8 Å². The molecule has 0 radical (unpaired) electrons. The number of aromatic amines is 1. The lowest BCUT2D eigenvalue weighted by Gasteiger charge is -2.16. The normalized spacial score (nSPS) is 12.5. The Labute approximate surface area is 102 Å². The Bertz CT molecular complexity index is 408. The lowest BCUT2D eigenvalue weighted by molar-refractivity contribution is 0.512. The maximum atomic E-state index is 4.28. The molecule has 0 spiro atoms. The molecule has 0 saturated carbocycles. The Morgan fingerprint density at radius 2 is 2.06 bits per heavy atom. The molecule has 1 aromatic carbocycles. The summed E-state index contributed by atoms with van der Waals surface area (Å²) in [6.45, 7) is 3.12. The highest BCUT2D eigenvalue weighted by Crippen LogP contribution is 2.06. The second-order valence-electron chi connectivity index (χ2n) is 4.18. The second kappa shape index (κ2) is 6.21. The van der Waals surface area contributed by atoms with Crippen LogP contribution in [0.4, 0.5) is 0 Å². The highest BCUT2D eigenvalue weighted by Gasteiger charge is 2.10. The monoisotopic (exact) mass is 229 g/mol. The van der Waals surface area contributed by atoms with Gasteiger partial charge in [-0.05, 0) is 18.5 Å². The van der Waals surface area contributed by atoms with Crippen molar-refractivity contribution >= 4 is 0 Å². The van der Waals surface area contributed by atoms with E-state index in [1.165, 1.54) is 5.56 Å². The van der Waals surface area contributed by atoms with Gasteiger partial charge in [0.15, 0.2) is 0 Å². The van der Waals surface area contributed by atoms with Crippen molar-refractivity contribution in [3.05, 3.63) is 54.1 Å². The maximum Gasteiger partial charge on any atom is 0.107 e. The number of hydrogen-bond donors (Lipinski definition) is 2. The van der Waals surface area contributed by atoms with Crippen molar-refractivity contribution in [3.63, 3.8) is 0 Å². The molecule has 2 N–H and O–H groups in total. The van der Waals surface area contributed by atoms with Gasteiger partial charge in [-0.25, -0.2) is 4.98 Å². The topological polar surface area (TPSA) is 40.7 Å². The van der Waals surface area contributed by atoms with E-state index in [0.717, 1.165) is 25.2 Å². The first-order valence-electron chi connectivity index (χ1n) is 6.14. The van der Waals surface area contributed by atoms with E-state index in [4.69, 9.17) is 0 Å². The summed E-state index contributed by atoms with van der Waals surface area (Å²) in [6.07, 6.45) is 5.66. The van der Waals surface area contributed by atoms with Gasteiger partial charge in [0, 0.05) is 24.9 Å². The van der Waals surface area contributed by atoms with Crippen molar-refractivity contribution in [1.29, 1.82) is 0 Å². The largest absolute Gasteiger partial charge is 0.349 e. The molecule has 0 bridgehead atoms. The molecule has 3 heteroatoms. The SMILES string of the molecule is CCNC(Cc1ccccc1)Cc1ncc[nH]1. The van der Waals surface area contributed by atoms with Crippen LogP contribution >= 0.6 is 0 Å². The van der Waals surface area contributed by atoms with Crippen LogP contribution in [0, 0.1) is 0 Å². The van der Waals surface area contributed by atoms with Gasteiger partial charge in [0.2, 0.25) is 0 Å². The molecule has 1 atom stereocenters. The highest BCUT2D eigenvalue weighted by atomic mass is 14.9. The molecule has 1 unspecified atom stereocenters. The van der Waals surface area contributed by atoms with Gasteiger partial charge in [0.25, 0.3) is 0 Å². The molecule has 17 heavy (non-hydrogen) atoms. The molecule has 0 aliphatic heterocycles. The number of likely N-dealkylation sites (N-methyl/N-ethyl adjacent to an activating group) is 1. The summed E-state index contributed by atoms with van der Waals surface area (Å²) in [5.74, 6) is 1.05. The fraction of sp³-hybridized carbons (Fsp3) is 0.357. The Kier molecular flexibility index (Phi) is 4.33. The van der Waals surface area contributed by atoms with Crippen LogP contribution in [0.15, 0.2) is 42.7 Å². The average Bonchev–Trinajstić information content (AvgIpc) is 2.83. The van der Waals surface area contributed by atoms with Gasteiger partial charge in [-0.15, -0.1) is 0 Å². The minimum absolute atomic E-state index is 0.438. The van der Waals surface area contributed by atoms with Gasteiger partial charge in [-0.1, -0.05) is 37.3 Å². The van der Waals surface area contributed by atoms with Gasteiger partial charge < -0.3 is 10.3 Å². The fourth-order valence-corrected chi connectivity index (χ4v) is 2.05. The van der Waals surface area contributed by atoms with Crippen molar-refractivity contribution in [2.75, 3.05) is 6.54 Å². The average molecular weight is 229 g/mol. The maximum absolute atomic E-state index is 4.28. The third-order valence-electron chi connectivity index (χ3n) is 2.81. The number of H-pyrrole nitrogens is 1. The molecule has 0 saturated heterocycles. The van der Waals surface area contributed by atoms with Crippen LogP contribution in [0.25, 0.3) is 0 Å². The van der Waals surface area contributed by atoms with Crippen LogP contribution < -0.4 is 5.32 Å². The van der Waals surface area contributed by atoms with E-state index in [-0.39, 0.29) is 0 Å². The van der Waals surface area contributed by atoms with Crippen LogP contribution in [0.5, 0.6) is 0 Å². The molecule has 0 aliphatic rings. The third-order valence-corrected chi connectivity index (χ3v) is 2.81. The molecule has 1 aromatic heterocycles. The molecule has 2 aromatic rings. The standard InChI is InChI=1S/C14H19N3/c1-2-15-13(11-14-16-8-9-17-14)10-12-6-4-3-5-7-12/h3-9,13,15H,2,10-11H2,1H3,(H,16,17). The number of nitrogens with zero attached hydrogens (tertiary/aromatic N) is 1. The van der Waals surface area contributed by atoms with E-state index in [1.807, 2.05) is 6.20 Å². The summed E-state index contributed by atoms with van der Waals surface area (Å²) in [4.78, 5) is 7.45. The molecule has 2 rings (SSSR count). The minimum Gasteiger partial charge on any atom is -0.349 e. The summed E-state index contributed by atoms with van der Waals surface area (Å²) < 4.78 is 0. The van der Waals surface area contributed by atoms with Gasteiger partial charge in [0.1, 0.15) is 5.82 Å². The molecule has 0 aliphatic carbocycles. The van der Waals surface area contributed by atoms with E-state index < -0.39 is 0 Å². The molecule has 90 valence electrons. The first-order chi connectivity index (χ1) is 8.38. The quantitative estimate of drug-likeness (QED) is 0.797. The number of imidazole rings is 1. The van der Waals surface area contributed by atoms with Gasteiger partial charge in [0.05, 0.1) is 0 Å². The van der Waals surface area contributed by atoms with Crippen molar-refractivity contribution in [3.8, 4) is 0 Å². The highest BCUT2D eigenvalue weighted by molar-refractivity contribution is 5.16. The first kappa shape index (κ1) is 11.9. The number of rotatable bonds is 6. The van der Waals surface area contributed by atoms with E-state index in [0.29, 0.717) is 6.04 Å². The van der Waals surface area contributed by atoms with E-state index in [1.54, 1.807) is 6.20 Å². The van der Waals surface area contributed by atoms with Crippen molar-refractivity contribution < 1.29 is 0 Å². The number of nitrogens with one attached hydrogen (secondary N) is 2. The summed E-state index contributed by atoms with van der Waals surface area (Å²) in [6, 6.07) is 11.0. The lowest BCUT2D eigenvalue weighted by atomic mass is 10.0. The van der Waals surface area contributed by atoms with Crippen LogP contribution in [0.3, 0.4) is 0 Å². The summed E-state index contributed by atoms with van der Waals surface area (Å²) in [5.41, 5.74) is 1.37. The van der Waals surface area contributed by atoms with Gasteiger partial charge >= 0.3 is 0 Å². The third kappa shape index (κ3) is 3.71. The van der Waals surface area contributed by atoms with E-state index in [9.17, 15) is 0 Å². The van der Waals surface area contributed by atoms with Crippen LogP contribution in [-0.4, -0.2) is 22.6 Å². The molecular weight excluding hydrogens is 210 g/mol. The Morgan fingerprint density at radius 1 is 1.24 bits per heavy atom. The predicted octanol–water partition coefficient (Wildman–Crippen LogP) is 2.17. The van der Waals surface area contributed by atoms with E-state index in [2.05, 4.69) is 52.5 Å². The van der Waals surface area contributed by atoms with Gasteiger partial charge in [-0.2, -0.15) is 0 Å². The summed E-state index contributed by atoms with van der Waals surface area (Å²) in [7, 11) is 0. The van der Waals surface area contributed by atoms with Gasteiger partial charge in [-0.3, -0.25) is 0 Å². The number of benzene rings is 1. The molecular formula is C14H19N3. The van der Waals surface area contributed by atoms with Crippen molar-refractivity contribution in [1.82, 2.24) is 15.3 Å². The lowest BCUT2D eigenvalue weighted by Crippen LogP contribution is -2.33. The first-order valence-corrected chi connectivity index (χ1v) is 6.14. The zero-order valence-corrected chi connectivity index (χ0v) is 10.2. The molecule has 0 amide bonds. The zero-order valence-electron chi connectivity index (χ0n) is 10.2. The summed E-state index contributed by atoms with van der Waals surface area (Å²) in [5, 5.41) is 3.51. The molecule has 1 heterocycles. The van der Waals surface area contributed by atoms with Crippen LogP contribution in [0.2, 0.25) is 0 Å². The Morgan fingerprint density at radius 3 is 2.71 bits per heavy atom. The fourth-order valence-electron chi connectivity index (χ4n) is 2.05. The molecule has 0 fully saturated rings. The number of aromatic nitrogens is 2.